The third-order valence-corrected chi connectivity index (χ3v) is 5.22. The van der Waals surface area contributed by atoms with Crippen molar-refractivity contribution in [2.75, 3.05) is 18.4 Å². The quantitative estimate of drug-likeness (QED) is 0.731. The van der Waals surface area contributed by atoms with Gasteiger partial charge in [-0.05, 0) is 25.0 Å². The number of hydrogen-bond donors (Lipinski definition) is 2. The van der Waals surface area contributed by atoms with Crippen LogP contribution in [-0.4, -0.2) is 45.4 Å². The Hall–Kier alpha value is -2.64. The number of nitrogens with zero attached hydrogens (tertiary/aromatic N) is 3. The Balaban J connectivity index is 1.38. The Morgan fingerprint density at radius 3 is 2.86 bits per heavy atom. The molecule has 4 rings (SSSR count). The first-order valence-electron chi connectivity index (χ1n) is 9.41. The molecule has 0 spiro atoms. The summed E-state index contributed by atoms with van der Waals surface area (Å²) >= 11 is 6.11. The molecule has 7 nitrogen and oxygen atoms in total. The van der Waals surface area contributed by atoms with E-state index in [2.05, 4.69) is 15.6 Å². The van der Waals surface area contributed by atoms with Gasteiger partial charge in [-0.15, -0.1) is 0 Å². The standard InChI is InChI=1S/C20H22ClN5O2/c21-15-4-1-2-5-16(15)24-20(28)17-12-23-18-13-25(10-11-26(17)18)19(27)6-3-9-22-14-7-8-14/h1-6,12,14,22H,7-11,13H2,(H,24,28)/b6-3+. The zero-order chi connectivity index (χ0) is 19.5. The van der Waals surface area contributed by atoms with Crippen LogP contribution in [0.25, 0.3) is 0 Å². The molecule has 28 heavy (non-hydrogen) atoms. The van der Waals surface area contributed by atoms with Crippen LogP contribution in [0.2, 0.25) is 5.02 Å². The number of nitrogens with one attached hydrogen (secondary N) is 2. The topological polar surface area (TPSA) is 79.3 Å². The van der Waals surface area contributed by atoms with Gasteiger partial charge in [0.05, 0.1) is 23.5 Å². The molecule has 1 aromatic carbocycles. The summed E-state index contributed by atoms with van der Waals surface area (Å²) in [5, 5.41) is 6.64. The largest absolute Gasteiger partial charge is 0.330 e. The molecule has 2 aliphatic rings. The molecule has 0 unspecified atom stereocenters. The van der Waals surface area contributed by atoms with E-state index in [4.69, 9.17) is 11.6 Å². The van der Waals surface area contributed by atoms with Crippen molar-refractivity contribution in [1.29, 1.82) is 0 Å². The Bertz CT molecular complexity index is 919. The SMILES string of the molecule is O=C(Nc1ccccc1Cl)c1cnc2n1CCN(C(=O)/C=C/CNC1CC1)C2. The van der Waals surface area contributed by atoms with Crippen LogP contribution in [0, 0.1) is 0 Å². The molecule has 1 aliphatic carbocycles. The first kappa shape index (κ1) is 18.7. The minimum atomic E-state index is -0.266. The fourth-order valence-corrected chi connectivity index (χ4v) is 3.35. The number of rotatable bonds is 6. The Morgan fingerprint density at radius 2 is 2.07 bits per heavy atom. The van der Waals surface area contributed by atoms with Crippen LogP contribution in [0.1, 0.15) is 29.2 Å². The number of para-hydroxylation sites is 1. The molecule has 1 aromatic heterocycles. The second-order valence-corrected chi connectivity index (χ2v) is 7.40. The van der Waals surface area contributed by atoms with Gasteiger partial charge in [-0.1, -0.05) is 29.8 Å². The zero-order valence-electron chi connectivity index (χ0n) is 15.4. The minimum Gasteiger partial charge on any atom is -0.330 e. The molecule has 2 N–H and O–H groups in total. The third-order valence-electron chi connectivity index (χ3n) is 4.89. The summed E-state index contributed by atoms with van der Waals surface area (Å²) in [4.78, 5) is 31.1. The van der Waals surface area contributed by atoms with Crippen molar-refractivity contribution in [3.05, 3.63) is 59.2 Å². The number of carbonyl (C=O) groups is 2. The Morgan fingerprint density at radius 1 is 1.25 bits per heavy atom. The first-order chi connectivity index (χ1) is 13.6. The molecular weight excluding hydrogens is 378 g/mol. The molecule has 1 saturated carbocycles. The highest BCUT2D eigenvalue weighted by molar-refractivity contribution is 6.33. The maximum Gasteiger partial charge on any atom is 0.273 e. The molecule has 0 atom stereocenters. The summed E-state index contributed by atoms with van der Waals surface area (Å²) in [5.41, 5.74) is 1.02. The van der Waals surface area contributed by atoms with Crippen molar-refractivity contribution in [2.24, 2.45) is 0 Å². The molecule has 0 saturated heterocycles. The van der Waals surface area contributed by atoms with Crippen LogP contribution in [0.5, 0.6) is 0 Å². The molecule has 1 aliphatic heterocycles. The number of halogens is 1. The third kappa shape index (κ3) is 4.26. The highest BCUT2D eigenvalue weighted by Gasteiger charge is 2.25. The molecule has 2 heterocycles. The smallest absolute Gasteiger partial charge is 0.273 e. The van der Waals surface area contributed by atoms with Crippen LogP contribution in [-0.2, 0) is 17.9 Å². The average molecular weight is 400 g/mol. The predicted octanol–water partition coefficient (Wildman–Crippen LogP) is 2.44. The molecular formula is C20H22ClN5O2. The van der Waals surface area contributed by atoms with Crippen molar-refractivity contribution in [3.63, 3.8) is 0 Å². The predicted molar refractivity (Wildman–Crippen MR) is 107 cm³/mol. The van der Waals surface area contributed by atoms with Crippen molar-refractivity contribution in [3.8, 4) is 0 Å². The van der Waals surface area contributed by atoms with Crippen LogP contribution in [0.3, 0.4) is 0 Å². The summed E-state index contributed by atoms with van der Waals surface area (Å²) in [6, 6.07) is 7.71. The van der Waals surface area contributed by atoms with Gasteiger partial charge in [0.15, 0.2) is 0 Å². The normalized spacial score (nSPS) is 16.2. The molecule has 1 fully saturated rings. The van der Waals surface area contributed by atoms with Gasteiger partial charge in [0.25, 0.3) is 5.91 Å². The van der Waals surface area contributed by atoms with Crippen molar-refractivity contribution < 1.29 is 9.59 Å². The zero-order valence-corrected chi connectivity index (χ0v) is 16.2. The van der Waals surface area contributed by atoms with E-state index < -0.39 is 0 Å². The van der Waals surface area contributed by atoms with Gasteiger partial charge in [-0.3, -0.25) is 9.59 Å². The molecule has 0 radical (unpaired) electrons. The van der Waals surface area contributed by atoms with Gasteiger partial charge in [-0.2, -0.15) is 0 Å². The summed E-state index contributed by atoms with van der Waals surface area (Å²) in [6.07, 6.45) is 7.47. The van der Waals surface area contributed by atoms with E-state index in [0.29, 0.717) is 54.4 Å². The van der Waals surface area contributed by atoms with E-state index >= 15 is 0 Å². The molecule has 2 amide bonds. The van der Waals surface area contributed by atoms with E-state index in [-0.39, 0.29) is 11.8 Å². The molecule has 0 bridgehead atoms. The summed E-state index contributed by atoms with van der Waals surface area (Å²) in [6.45, 7) is 2.17. The lowest BCUT2D eigenvalue weighted by Gasteiger charge is -2.27. The number of imidazole rings is 1. The average Bonchev–Trinajstić information content (AvgIpc) is 3.43. The Labute approximate surface area is 168 Å². The van der Waals surface area contributed by atoms with Gasteiger partial charge in [0.1, 0.15) is 11.5 Å². The van der Waals surface area contributed by atoms with E-state index in [1.807, 2.05) is 16.7 Å². The molecule has 146 valence electrons. The maximum atomic E-state index is 12.6. The summed E-state index contributed by atoms with van der Waals surface area (Å²) < 4.78 is 1.86. The Kier molecular flexibility index (Phi) is 5.45. The summed E-state index contributed by atoms with van der Waals surface area (Å²) in [7, 11) is 0. The number of aromatic nitrogens is 2. The first-order valence-corrected chi connectivity index (χ1v) is 9.79. The lowest BCUT2D eigenvalue weighted by Crippen LogP contribution is -2.38. The summed E-state index contributed by atoms with van der Waals surface area (Å²) in [5.74, 6) is 0.403. The highest BCUT2D eigenvalue weighted by Crippen LogP contribution is 2.22. The monoisotopic (exact) mass is 399 g/mol. The van der Waals surface area contributed by atoms with E-state index in [9.17, 15) is 9.59 Å². The van der Waals surface area contributed by atoms with Gasteiger partial charge >= 0.3 is 0 Å². The lowest BCUT2D eigenvalue weighted by atomic mass is 10.3. The van der Waals surface area contributed by atoms with E-state index in [1.165, 1.54) is 12.8 Å². The molecule has 2 aromatic rings. The van der Waals surface area contributed by atoms with Crippen molar-refractivity contribution in [1.82, 2.24) is 19.8 Å². The number of fused-ring (bicyclic) bond motifs is 1. The number of benzene rings is 1. The highest BCUT2D eigenvalue weighted by atomic mass is 35.5. The van der Waals surface area contributed by atoms with Gasteiger partial charge in [0.2, 0.25) is 5.91 Å². The number of hydrogen-bond acceptors (Lipinski definition) is 4. The number of carbonyl (C=O) groups excluding carboxylic acids is 2. The van der Waals surface area contributed by atoms with E-state index in [1.54, 1.807) is 35.4 Å². The van der Waals surface area contributed by atoms with Crippen LogP contribution < -0.4 is 10.6 Å². The lowest BCUT2D eigenvalue weighted by molar-refractivity contribution is -0.127. The van der Waals surface area contributed by atoms with Gasteiger partial charge in [-0.25, -0.2) is 4.98 Å². The fraction of sp³-hybridized carbons (Fsp3) is 0.350. The second kappa shape index (κ2) is 8.16. The van der Waals surface area contributed by atoms with Gasteiger partial charge < -0.3 is 20.1 Å². The number of anilines is 1. The van der Waals surface area contributed by atoms with Crippen LogP contribution >= 0.6 is 11.6 Å². The fourth-order valence-electron chi connectivity index (χ4n) is 3.17. The van der Waals surface area contributed by atoms with Crippen LogP contribution in [0.15, 0.2) is 42.6 Å². The maximum absolute atomic E-state index is 12.6. The second-order valence-electron chi connectivity index (χ2n) is 6.99. The molecule has 8 heteroatoms. The van der Waals surface area contributed by atoms with Crippen LogP contribution in [0.4, 0.5) is 5.69 Å². The van der Waals surface area contributed by atoms with E-state index in [0.717, 1.165) is 0 Å². The van der Waals surface area contributed by atoms with Gasteiger partial charge in [0, 0.05) is 31.8 Å². The van der Waals surface area contributed by atoms with Crippen molar-refractivity contribution >= 4 is 29.1 Å². The number of amides is 2. The minimum absolute atomic E-state index is 0.0334. The van der Waals surface area contributed by atoms with Crippen molar-refractivity contribution in [2.45, 2.75) is 32.0 Å².